The van der Waals surface area contributed by atoms with Gasteiger partial charge in [-0.1, -0.05) is 91.0 Å². The summed E-state index contributed by atoms with van der Waals surface area (Å²) in [6.07, 6.45) is -9.68. The smallest absolute Gasteiger partial charge is 0.303 e. The van der Waals surface area contributed by atoms with E-state index in [-0.39, 0.29) is 26.4 Å². The Labute approximate surface area is 309 Å². The van der Waals surface area contributed by atoms with Crippen LogP contribution in [-0.4, -0.2) is 93.0 Å². The molecule has 0 aromatic heterocycles. The van der Waals surface area contributed by atoms with Crippen LogP contribution in [0.3, 0.4) is 0 Å². The minimum Gasteiger partial charge on any atom is -0.456 e. The molecule has 10 atom stereocenters. The Hall–Kier alpha value is -4.21. The SMILES string of the molecule is COC1OC(COC2OC(C)C(OC(C)=O)C(OC(C)=O)C2OC(C)=O)C(OCc2ccccc2)C(OCc2ccccc2)C1OCc1ccccc1. The monoisotopic (exact) mass is 736 g/mol. The van der Waals surface area contributed by atoms with Gasteiger partial charge in [-0.05, 0) is 23.6 Å². The van der Waals surface area contributed by atoms with Crippen LogP contribution in [0.2, 0.25) is 0 Å². The molecule has 13 nitrogen and oxygen atoms in total. The van der Waals surface area contributed by atoms with E-state index in [0.717, 1.165) is 16.7 Å². The summed E-state index contributed by atoms with van der Waals surface area (Å²) in [4.78, 5) is 36.5. The maximum Gasteiger partial charge on any atom is 0.303 e. The Balaban J connectivity index is 1.45. The van der Waals surface area contributed by atoms with Gasteiger partial charge in [0.15, 0.2) is 30.9 Å². The van der Waals surface area contributed by atoms with Gasteiger partial charge in [-0.2, -0.15) is 0 Å². The van der Waals surface area contributed by atoms with Gasteiger partial charge >= 0.3 is 17.9 Å². The Kier molecular flexibility index (Phi) is 14.9. The molecule has 0 aliphatic carbocycles. The normalized spacial score (nSPS) is 28.5. The van der Waals surface area contributed by atoms with Gasteiger partial charge in [0.1, 0.15) is 24.4 Å². The van der Waals surface area contributed by atoms with Crippen LogP contribution in [0, 0.1) is 0 Å². The van der Waals surface area contributed by atoms with E-state index in [0.29, 0.717) is 0 Å². The number of benzene rings is 3. The van der Waals surface area contributed by atoms with E-state index in [1.165, 1.54) is 27.9 Å². The molecule has 2 heterocycles. The van der Waals surface area contributed by atoms with E-state index in [2.05, 4.69) is 0 Å². The van der Waals surface area contributed by atoms with Crippen LogP contribution in [0.1, 0.15) is 44.4 Å². The average Bonchev–Trinajstić information content (AvgIpc) is 3.15. The number of carbonyl (C=O) groups is 3. The van der Waals surface area contributed by atoms with Gasteiger partial charge in [0.05, 0.1) is 32.5 Å². The molecule has 10 unspecified atom stereocenters. The summed E-state index contributed by atoms with van der Waals surface area (Å²) in [6.45, 7) is 5.80. The molecule has 286 valence electrons. The highest BCUT2D eigenvalue weighted by Crippen LogP contribution is 2.33. The van der Waals surface area contributed by atoms with E-state index in [1.54, 1.807) is 6.92 Å². The van der Waals surface area contributed by atoms with Crippen LogP contribution < -0.4 is 0 Å². The molecule has 2 aliphatic rings. The zero-order chi connectivity index (χ0) is 37.7. The van der Waals surface area contributed by atoms with Gasteiger partial charge in [-0.15, -0.1) is 0 Å². The predicted molar refractivity (Wildman–Crippen MR) is 188 cm³/mol. The van der Waals surface area contributed by atoms with Crippen molar-refractivity contribution in [2.75, 3.05) is 13.7 Å². The molecule has 0 saturated carbocycles. The van der Waals surface area contributed by atoms with Gasteiger partial charge in [-0.3, -0.25) is 14.4 Å². The van der Waals surface area contributed by atoms with Crippen LogP contribution >= 0.6 is 0 Å². The zero-order valence-electron chi connectivity index (χ0n) is 30.6. The van der Waals surface area contributed by atoms with Crippen molar-refractivity contribution < 1.29 is 61.8 Å². The number of hydrogen-bond donors (Lipinski definition) is 0. The second-order valence-corrected chi connectivity index (χ2v) is 12.8. The topological polar surface area (TPSA) is 144 Å². The molecule has 0 radical (unpaired) electrons. The van der Waals surface area contributed by atoms with Crippen molar-refractivity contribution in [3.8, 4) is 0 Å². The average molecular weight is 737 g/mol. The maximum absolute atomic E-state index is 12.3. The molecule has 5 rings (SSSR count). The summed E-state index contributed by atoms with van der Waals surface area (Å²) < 4.78 is 61.2. The van der Waals surface area contributed by atoms with Gasteiger partial charge in [0.25, 0.3) is 0 Å². The molecule has 0 N–H and O–H groups in total. The van der Waals surface area contributed by atoms with Gasteiger partial charge in [0.2, 0.25) is 0 Å². The van der Waals surface area contributed by atoms with Gasteiger partial charge < -0.3 is 47.4 Å². The van der Waals surface area contributed by atoms with E-state index in [9.17, 15) is 14.4 Å². The van der Waals surface area contributed by atoms with Gasteiger partial charge in [0, 0.05) is 27.9 Å². The van der Waals surface area contributed by atoms with Crippen molar-refractivity contribution in [2.45, 2.75) is 109 Å². The van der Waals surface area contributed by atoms with Crippen molar-refractivity contribution in [1.82, 2.24) is 0 Å². The highest BCUT2D eigenvalue weighted by atomic mass is 16.8. The number of rotatable bonds is 16. The fourth-order valence-corrected chi connectivity index (χ4v) is 6.36. The number of hydrogen-bond acceptors (Lipinski definition) is 13. The molecule has 0 spiro atoms. The third-order valence-electron chi connectivity index (χ3n) is 8.74. The second kappa shape index (κ2) is 19.7. The summed E-state index contributed by atoms with van der Waals surface area (Å²) >= 11 is 0. The lowest BCUT2D eigenvalue weighted by molar-refractivity contribution is -0.340. The molecule has 0 amide bonds. The minimum atomic E-state index is -1.30. The third-order valence-corrected chi connectivity index (χ3v) is 8.74. The number of carbonyl (C=O) groups excluding carboxylic acids is 3. The molecule has 2 aliphatic heterocycles. The maximum atomic E-state index is 12.3. The fourth-order valence-electron chi connectivity index (χ4n) is 6.36. The van der Waals surface area contributed by atoms with Crippen LogP contribution in [0.25, 0.3) is 0 Å². The van der Waals surface area contributed by atoms with Crippen molar-refractivity contribution in [1.29, 1.82) is 0 Å². The summed E-state index contributed by atoms with van der Waals surface area (Å²) in [5.74, 6) is -2.00. The first-order valence-corrected chi connectivity index (χ1v) is 17.6. The Morgan fingerprint density at radius 1 is 0.509 bits per heavy atom. The molecule has 53 heavy (non-hydrogen) atoms. The van der Waals surface area contributed by atoms with Crippen LogP contribution in [0.15, 0.2) is 91.0 Å². The highest BCUT2D eigenvalue weighted by Gasteiger charge is 2.53. The van der Waals surface area contributed by atoms with Crippen molar-refractivity contribution in [3.05, 3.63) is 108 Å². The lowest BCUT2D eigenvalue weighted by Gasteiger charge is -2.47. The fraction of sp³-hybridized carbons (Fsp3) is 0.475. The largest absolute Gasteiger partial charge is 0.456 e. The van der Waals surface area contributed by atoms with Crippen molar-refractivity contribution >= 4 is 17.9 Å². The number of methoxy groups -OCH3 is 1. The van der Waals surface area contributed by atoms with E-state index in [4.69, 9.17) is 47.4 Å². The molecule has 13 heteroatoms. The zero-order valence-corrected chi connectivity index (χ0v) is 30.6. The Morgan fingerprint density at radius 2 is 0.943 bits per heavy atom. The first-order chi connectivity index (χ1) is 25.6. The van der Waals surface area contributed by atoms with E-state index >= 15 is 0 Å². The summed E-state index contributed by atoms with van der Waals surface area (Å²) in [5, 5.41) is 0. The Bertz CT molecular complexity index is 1570. The molecule has 2 fully saturated rings. The Morgan fingerprint density at radius 3 is 1.42 bits per heavy atom. The molecule has 3 aromatic rings. The molecule has 0 bridgehead atoms. The van der Waals surface area contributed by atoms with Crippen molar-refractivity contribution in [3.63, 3.8) is 0 Å². The number of esters is 3. The quantitative estimate of drug-likeness (QED) is 0.149. The molecular formula is C40H48O13. The van der Waals surface area contributed by atoms with Gasteiger partial charge in [-0.25, -0.2) is 0 Å². The predicted octanol–water partition coefficient (Wildman–Crippen LogP) is 4.67. The first-order valence-electron chi connectivity index (χ1n) is 17.6. The summed E-state index contributed by atoms with van der Waals surface area (Å²) in [7, 11) is 1.52. The summed E-state index contributed by atoms with van der Waals surface area (Å²) in [6, 6.07) is 29.1. The van der Waals surface area contributed by atoms with Crippen LogP contribution in [0.5, 0.6) is 0 Å². The lowest BCUT2D eigenvalue weighted by Crippen LogP contribution is -2.63. The number of ether oxygens (including phenoxy) is 10. The van der Waals surface area contributed by atoms with Crippen LogP contribution in [-0.2, 0) is 81.6 Å². The lowest BCUT2D eigenvalue weighted by atomic mass is 9.97. The minimum absolute atomic E-state index is 0.171. The molecular weight excluding hydrogens is 688 g/mol. The van der Waals surface area contributed by atoms with E-state index < -0.39 is 79.3 Å². The summed E-state index contributed by atoms with van der Waals surface area (Å²) in [5.41, 5.74) is 2.81. The van der Waals surface area contributed by atoms with Crippen LogP contribution in [0.4, 0.5) is 0 Å². The van der Waals surface area contributed by atoms with Crippen molar-refractivity contribution in [2.24, 2.45) is 0 Å². The first kappa shape index (κ1) is 40.0. The van der Waals surface area contributed by atoms with E-state index in [1.807, 2.05) is 91.0 Å². The standard InChI is InChI=1S/C40H48O13/c1-25-33(50-26(2)41)36(51-27(3)42)38(52-28(4)43)40(49-25)48-24-32-34(45-21-29-15-9-6-10-16-29)35(46-22-30-17-11-7-12-18-30)37(39(44-5)53-32)47-23-31-19-13-8-14-20-31/h6-20,25,32-40H,21-24H2,1-5H3. The highest BCUT2D eigenvalue weighted by molar-refractivity contribution is 5.68. The third kappa shape index (κ3) is 11.4. The second-order valence-electron chi connectivity index (χ2n) is 12.8. The molecule has 2 saturated heterocycles. The molecule has 3 aromatic carbocycles.